The van der Waals surface area contributed by atoms with Crippen molar-refractivity contribution in [2.45, 2.75) is 19.1 Å². The second-order valence-electron chi connectivity index (χ2n) is 4.21. The molecule has 0 radical (unpaired) electrons. The van der Waals surface area contributed by atoms with Crippen LogP contribution >= 0.6 is 0 Å². The number of nitrogens with zero attached hydrogens (tertiary/aromatic N) is 1. The molecule has 0 bridgehead atoms. The number of ether oxygens (including phenoxy) is 2. The number of carbonyl (C=O) groups is 1. The minimum Gasteiger partial charge on any atom is -0.347 e. The Morgan fingerprint density at radius 3 is 2.72 bits per heavy atom. The highest BCUT2D eigenvalue weighted by molar-refractivity contribution is 5.82. The van der Waals surface area contributed by atoms with Gasteiger partial charge in [0.15, 0.2) is 5.79 Å². The highest BCUT2D eigenvalue weighted by atomic mass is 16.7. The molecule has 1 aromatic carbocycles. The largest absolute Gasteiger partial charge is 0.347 e. The molecule has 5 nitrogen and oxygen atoms in total. The van der Waals surface area contributed by atoms with Crippen molar-refractivity contribution >= 4 is 12.1 Å². The number of benzene rings is 1. The summed E-state index contributed by atoms with van der Waals surface area (Å²) in [6.45, 7) is 2.80. The quantitative estimate of drug-likeness (QED) is 0.645. The summed E-state index contributed by atoms with van der Waals surface area (Å²) in [4.78, 5) is 11.6. The number of nitrogens with one attached hydrogen (secondary N) is 1. The van der Waals surface area contributed by atoms with Gasteiger partial charge in [-0.15, -0.1) is 0 Å². The van der Waals surface area contributed by atoms with E-state index in [1.54, 1.807) is 13.1 Å². The first-order valence-corrected chi connectivity index (χ1v) is 5.83. The fourth-order valence-electron chi connectivity index (χ4n) is 1.71. The standard InChI is InChI=1S/C13H16N2O3/c1-13(17-7-8-18-13)9-12(16)15-14-10-11-5-3-2-4-6-11/h2-6,10H,7-9H2,1H3,(H,15,16). The minimum absolute atomic E-state index is 0.138. The van der Waals surface area contributed by atoms with Gasteiger partial charge in [-0.1, -0.05) is 30.3 Å². The maximum absolute atomic E-state index is 11.6. The Hall–Kier alpha value is -1.72. The molecule has 0 atom stereocenters. The van der Waals surface area contributed by atoms with Crippen LogP contribution in [0.25, 0.3) is 0 Å². The average Bonchev–Trinajstić information content (AvgIpc) is 2.77. The lowest BCUT2D eigenvalue weighted by Crippen LogP contribution is -2.33. The van der Waals surface area contributed by atoms with Crippen LogP contribution in [0.15, 0.2) is 35.4 Å². The molecule has 1 fully saturated rings. The van der Waals surface area contributed by atoms with Gasteiger partial charge in [-0.2, -0.15) is 5.10 Å². The molecule has 0 aliphatic carbocycles. The molecule has 1 aliphatic rings. The third-order valence-corrected chi connectivity index (χ3v) is 2.58. The summed E-state index contributed by atoms with van der Waals surface area (Å²) in [6.07, 6.45) is 1.73. The van der Waals surface area contributed by atoms with E-state index in [-0.39, 0.29) is 12.3 Å². The summed E-state index contributed by atoms with van der Waals surface area (Å²) >= 11 is 0. The van der Waals surface area contributed by atoms with Crippen molar-refractivity contribution in [1.82, 2.24) is 5.43 Å². The second-order valence-corrected chi connectivity index (χ2v) is 4.21. The Morgan fingerprint density at radius 1 is 1.39 bits per heavy atom. The van der Waals surface area contributed by atoms with E-state index in [0.29, 0.717) is 13.2 Å². The number of hydrogen-bond donors (Lipinski definition) is 1. The molecular weight excluding hydrogens is 232 g/mol. The number of rotatable bonds is 4. The van der Waals surface area contributed by atoms with E-state index in [4.69, 9.17) is 9.47 Å². The number of carbonyl (C=O) groups excluding carboxylic acids is 1. The number of amides is 1. The predicted molar refractivity (Wildman–Crippen MR) is 67.1 cm³/mol. The summed E-state index contributed by atoms with van der Waals surface area (Å²) in [5.74, 6) is -1.04. The molecule has 1 N–H and O–H groups in total. The van der Waals surface area contributed by atoms with Crippen molar-refractivity contribution in [2.75, 3.05) is 13.2 Å². The van der Waals surface area contributed by atoms with Gasteiger partial charge < -0.3 is 9.47 Å². The van der Waals surface area contributed by atoms with Crippen LogP contribution in [0.2, 0.25) is 0 Å². The van der Waals surface area contributed by atoms with Gasteiger partial charge in [0, 0.05) is 0 Å². The SMILES string of the molecule is CC1(CC(=O)NN=Cc2ccccc2)OCCO1. The first-order chi connectivity index (χ1) is 8.68. The molecule has 2 rings (SSSR count). The normalized spacial score (nSPS) is 18.1. The van der Waals surface area contributed by atoms with Crippen molar-refractivity contribution < 1.29 is 14.3 Å². The first kappa shape index (κ1) is 12.7. The van der Waals surface area contributed by atoms with Crippen LogP contribution in [0.5, 0.6) is 0 Å². The second kappa shape index (κ2) is 5.75. The molecule has 1 saturated heterocycles. The summed E-state index contributed by atoms with van der Waals surface area (Å²) in [6, 6.07) is 9.54. The van der Waals surface area contributed by atoms with Crippen LogP contribution in [0.4, 0.5) is 0 Å². The zero-order valence-corrected chi connectivity index (χ0v) is 10.3. The van der Waals surface area contributed by atoms with E-state index in [2.05, 4.69) is 10.5 Å². The molecular formula is C13H16N2O3. The van der Waals surface area contributed by atoms with Crippen molar-refractivity contribution in [1.29, 1.82) is 0 Å². The van der Waals surface area contributed by atoms with Gasteiger partial charge in [0.05, 0.1) is 25.8 Å². The zero-order chi connectivity index (χ0) is 12.8. The van der Waals surface area contributed by atoms with Crippen molar-refractivity contribution in [3.63, 3.8) is 0 Å². The van der Waals surface area contributed by atoms with E-state index in [0.717, 1.165) is 5.56 Å². The summed E-state index contributed by atoms with van der Waals surface area (Å²) in [7, 11) is 0. The van der Waals surface area contributed by atoms with Crippen LogP contribution in [0.1, 0.15) is 18.9 Å². The molecule has 0 spiro atoms. The van der Waals surface area contributed by atoms with E-state index in [9.17, 15) is 4.79 Å². The molecule has 1 amide bonds. The maximum atomic E-state index is 11.6. The number of hydrogen-bond acceptors (Lipinski definition) is 4. The molecule has 0 unspecified atom stereocenters. The van der Waals surface area contributed by atoms with Crippen LogP contribution in [0.3, 0.4) is 0 Å². The van der Waals surface area contributed by atoms with Gasteiger partial charge in [-0.3, -0.25) is 4.79 Å². The van der Waals surface area contributed by atoms with Gasteiger partial charge in [0.1, 0.15) is 0 Å². The first-order valence-electron chi connectivity index (χ1n) is 5.83. The lowest BCUT2D eigenvalue weighted by molar-refractivity contribution is -0.159. The Balaban J connectivity index is 1.80. The average molecular weight is 248 g/mol. The zero-order valence-electron chi connectivity index (χ0n) is 10.3. The van der Waals surface area contributed by atoms with Gasteiger partial charge >= 0.3 is 0 Å². The van der Waals surface area contributed by atoms with E-state index in [1.165, 1.54) is 0 Å². The molecule has 1 heterocycles. The van der Waals surface area contributed by atoms with Crippen molar-refractivity contribution in [2.24, 2.45) is 5.10 Å². The molecule has 5 heteroatoms. The van der Waals surface area contributed by atoms with Crippen molar-refractivity contribution in [3.8, 4) is 0 Å². The highest BCUT2D eigenvalue weighted by Gasteiger charge is 2.33. The predicted octanol–water partition coefficient (Wildman–Crippen LogP) is 1.29. The monoisotopic (exact) mass is 248 g/mol. The minimum atomic E-state index is -0.813. The van der Waals surface area contributed by atoms with Gasteiger partial charge in [0.25, 0.3) is 0 Å². The van der Waals surface area contributed by atoms with Gasteiger partial charge in [-0.05, 0) is 12.5 Å². The fraction of sp³-hybridized carbons (Fsp3) is 0.385. The molecule has 1 aromatic rings. The van der Waals surface area contributed by atoms with E-state index in [1.807, 2.05) is 30.3 Å². The molecule has 18 heavy (non-hydrogen) atoms. The highest BCUT2D eigenvalue weighted by Crippen LogP contribution is 2.21. The smallest absolute Gasteiger partial charge is 0.245 e. The Kier molecular flexibility index (Phi) is 4.07. The van der Waals surface area contributed by atoms with E-state index < -0.39 is 5.79 Å². The van der Waals surface area contributed by atoms with Crippen LogP contribution in [-0.4, -0.2) is 31.1 Å². The summed E-state index contributed by atoms with van der Waals surface area (Å²) in [5, 5.41) is 3.88. The Morgan fingerprint density at radius 2 is 2.06 bits per heavy atom. The summed E-state index contributed by atoms with van der Waals surface area (Å²) < 4.78 is 10.7. The van der Waals surface area contributed by atoms with Crippen LogP contribution in [-0.2, 0) is 14.3 Å². The molecule has 0 saturated carbocycles. The van der Waals surface area contributed by atoms with Crippen LogP contribution < -0.4 is 5.43 Å². The van der Waals surface area contributed by atoms with Crippen LogP contribution in [0, 0.1) is 0 Å². The Bertz CT molecular complexity index is 425. The fourth-order valence-corrected chi connectivity index (χ4v) is 1.71. The van der Waals surface area contributed by atoms with E-state index >= 15 is 0 Å². The van der Waals surface area contributed by atoms with Crippen molar-refractivity contribution in [3.05, 3.63) is 35.9 Å². The topological polar surface area (TPSA) is 59.9 Å². The summed E-state index contributed by atoms with van der Waals surface area (Å²) in [5.41, 5.74) is 3.38. The third kappa shape index (κ3) is 3.65. The molecule has 96 valence electrons. The lowest BCUT2D eigenvalue weighted by atomic mass is 10.2. The Labute approximate surface area is 106 Å². The molecule has 0 aromatic heterocycles. The molecule has 1 aliphatic heterocycles. The van der Waals surface area contributed by atoms with Gasteiger partial charge in [-0.25, -0.2) is 5.43 Å². The van der Waals surface area contributed by atoms with Gasteiger partial charge in [0.2, 0.25) is 5.91 Å². The maximum Gasteiger partial charge on any atom is 0.245 e. The lowest BCUT2D eigenvalue weighted by Gasteiger charge is -2.20. The third-order valence-electron chi connectivity index (χ3n) is 2.58. The number of hydrazone groups is 1.